The van der Waals surface area contributed by atoms with E-state index in [-0.39, 0.29) is 5.97 Å². The highest BCUT2D eigenvalue weighted by Gasteiger charge is 2.24. The zero-order chi connectivity index (χ0) is 13.7. The highest BCUT2D eigenvalue weighted by atomic mass is 16.5. The molecule has 0 atom stereocenters. The predicted molar refractivity (Wildman–Crippen MR) is 68.7 cm³/mol. The molecule has 6 nitrogen and oxygen atoms in total. The van der Waals surface area contributed by atoms with Crippen molar-refractivity contribution >= 4 is 5.97 Å². The highest BCUT2D eigenvalue weighted by Crippen LogP contribution is 2.26. The fourth-order valence-corrected chi connectivity index (χ4v) is 2.37. The molecule has 0 aliphatic carbocycles. The lowest BCUT2D eigenvalue weighted by atomic mass is 9.96. The summed E-state index contributed by atoms with van der Waals surface area (Å²) in [6.07, 6.45) is 2.48. The Morgan fingerprint density at radius 3 is 2.79 bits per heavy atom. The van der Waals surface area contributed by atoms with Crippen LogP contribution in [0.5, 0.6) is 0 Å². The summed E-state index contributed by atoms with van der Waals surface area (Å²) in [6, 6.07) is 0. The molecule has 0 spiro atoms. The standard InChI is InChI=1S/C13H21N3O3/c1-3-18-12(17)6-9-16-7-4-11(5-8-16)13-14-10(2)15-19-13/h11H,3-9H2,1-2H3. The van der Waals surface area contributed by atoms with Gasteiger partial charge in [0.05, 0.1) is 13.0 Å². The number of nitrogens with zero attached hydrogens (tertiary/aromatic N) is 3. The first kappa shape index (κ1) is 14.0. The number of carbonyl (C=O) groups excluding carboxylic acids is 1. The maximum atomic E-state index is 11.3. The van der Waals surface area contributed by atoms with Gasteiger partial charge in [-0.05, 0) is 39.8 Å². The molecule has 6 heteroatoms. The monoisotopic (exact) mass is 267 g/mol. The van der Waals surface area contributed by atoms with E-state index < -0.39 is 0 Å². The lowest BCUT2D eigenvalue weighted by molar-refractivity contribution is -0.143. The summed E-state index contributed by atoms with van der Waals surface area (Å²) in [7, 11) is 0. The van der Waals surface area contributed by atoms with Gasteiger partial charge in [-0.3, -0.25) is 4.79 Å². The third-order valence-corrected chi connectivity index (χ3v) is 3.42. The van der Waals surface area contributed by atoms with Crippen LogP contribution in [0.15, 0.2) is 4.52 Å². The molecular formula is C13H21N3O3. The van der Waals surface area contributed by atoms with Gasteiger partial charge in [0.25, 0.3) is 0 Å². The fraction of sp³-hybridized carbons (Fsp3) is 0.769. The first-order valence-corrected chi connectivity index (χ1v) is 6.87. The molecule has 0 aromatic carbocycles. The Hall–Kier alpha value is -1.43. The molecule has 1 fully saturated rings. The van der Waals surface area contributed by atoms with Crippen molar-refractivity contribution in [2.24, 2.45) is 0 Å². The van der Waals surface area contributed by atoms with Crippen molar-refractivity contribution in [1.82, 2.24) is 15.0 Å². The van der Waals surface area contributed by atoms with Gasteiger partial charge in [0.15, 0.2) is 5.82 Å². The van der Waals surface area contributed by atoms with Crippen LogP contribution in [0.2, 0.25) is 0 Å². The number of ether oxygens (including phenoxy) is 1. The molecule has 1 aliphatic heterocycles. The van der Waals surface area contributed by atoms with Crippen molar-refractivity contribution < 1.29 is 14.1 Å². The van der Waals surface area contributed by atoms with E-state index in [4.69, 9.17) is 9.26 Å². The minimum atomic E-state index is -0.114. The normalized spacial score (nSPS) is 17.6. The quantitative estimate of drug-likeness (QED) is 0.753. The molecule has 0 radical (unpaired) electrons. The van der Waals surface area contributed by atoms with Crippen LogP contribution >= 0.6 is 0 Å². The van der Waals surface area contributed by atoms with E-state index in [0.717, 1.165) is 38.4 Å². The Morgan fingerprint density at radius 1 is 1.47 bits per heavy atom. The Labute approximate surface area is 113 Å². The van der Waals surface area contributed by atoms with E-state index in [2.05, 4.69) is 15.0 Å². The third-order valence-electron chi connectivity index (χ3n) is 3.42. The largest absolute Gasteiger partial charge is 0.466 e. The van der Waals surface area contributed by atoms with E-state index in [0.29, 0.717) is 24.8 Å². The molecule has 0 saturated carbocycles. The van der Waals surface area contributed by atoms with Gasteiger partial charge in [-0.2, -0.15) is 4.98 Å². The van der Waals surface area contributed by atoms with Gasteiger partial charge >= 0.3 is 5.97 Å². The molecule has 1 aromatic rings. The van der Waals surface area contributed by atoms with E-state index in [1.165, 1.54) is 0 Å². The van der Waals surface area contributed by atoms with Crippen molar-refractivity contribution in [3.63, 3.8) is 0 Å². The van der Waals surface area contributed by atoms with Crippen LogP contribution in [0.3, 0.4) is 0 Å². The second-order valence-electron chi connectivity index (χ2n) is 4.85. The fourth-order valence-electron chi connectivity index (χ4n) is 2.37. The number of carbonyl (C=O) groups is 1. The molecular weight excluding hydrogens is 246 g/mol. The summed E-state index contributed by atoms with van der Waals surface area (Å²) in [4.78, 5) is 17.9. The number of aromatic nitrogens is 2. The summed E-state index contributed by atoms with van der Waals surface area (Å²) >= 11 is 0. The van der Waals surface area contributed by atoms with Crippen molar-refractivity contribution in [2.75, 3.05) is 26.2 Å². The van der Waals surface area contributed by atoms with Crippen LogP contribution in [0.25, 0.3) is 0 Å². The second kappa shape index (κ2) is 6.65. The Balaban J connectivity index is 1.72. The van der Waals surface area contributed by atoms with E-state index >= 15 is 0 Å². The number of aryl methyl sites for hydroxylation is 1. The minimum Gasteiger partial charge on any atom is -0.466 e. The summed E-state index contributed by atoms with van der Waals surface area (Å²) in [5.74, 6) is 1.69. The number of rotatable bonds is 5. The van der Waals surface area contributed by atoms with Crippen LogP contribution in [-0.2, 0) is 9.53 Å². The number of hydrogen-bond donors (Lipinski definition) is 0. The van der Waals surface area contributed by atoms with Gasteiger partial charge in [0.2, 0.25) is 5.89 Å². The Morgan fingerprint density at radius 2 is 2.21 bits per heavy atom. The molecule has 0 amide bonds. The van der Waals surface area contributed by atoms with Crippen LogP contribution in [0, 0.1) is 6.92 Å². The predicted octanol–water partition coefficient (Wildman–Crippen LogP) is 1.51. The topological polar surface area (TPSA) is 68.5 Å². The number of esters is 1. The maximum absolute atomic E-state index is 11.3. The minimum absolute atomic E-state index is 0.114. The molecule has 0 unspecified atom stereocenters. The number of piperidine rings is 1. The molecule has 106 valence electrons. The van der Waals surface area contributed by atoms with Gasteiger partial charge in [0.1, 0.15) is 0 Å². The average molecular weight is 267 g/mol. The van der Waals surface area contributed by atoms with E-state index in [1.807, 2.05) is 13.8 Å². The Kier molecular flexibility index (Phi) is 4.90. The van der Waals surface area contributed by atoms with E-state index in [1.54, 1.807) is 0 Å². The van der Waals surface area contributed by atoms with Gasteiger partial charge in [-0.25, -0.2) is 0 Å². The van der Waals surface area contributed by atoms with Gasteiger partial charge < -0.3 is 14.2 Å². The molecule has 2 rings (SSSR count). The van der Waals surface area contributed by atoms with Gasteiger partial charge in [0, 0.05) is 12.5 Å². The first-order valence-electron chi connectivity index (χ1n) is 6.87. The zero-order valence-corrected chi connectivity index (χ0v) is 11.6. The summed E-state index contributed by atoms with van der Waals surface area (Å²) in [5.41, 5.74) is 0. The zero-order valence-electron chi connectivity index (χ0n) is 11.6. The molecule has 2 heterocycles. The first-order chi connectivity index (χ1) is 9.19. The lowest BCUT2D eigenvalue weighted by Gasteiger charge is -2.29. The summed E-state index contributed by atoms with van der Waals surface area (Å²) < 4.78 is 10.1. The van der Waals surface area contributed by atoms with Crippen LogP contribution in [-0.4, -0.2) is 47.3 Å². The average Bonchev–Trinajstić information content (AvgIpc) is 2.84. The smallest absolute Gasteiger partial charge is 0.307 e. The van der Waals surface area contributed by atoms with Crippen LogP contribution < -0.4 is 0 Å². The highest BCUT2D eigenvalue weighted by molar-refractivity contribution is 5.69. The summed E-state index contributed by atoms with van der Waals surface area (Å²) in [6.45, 7) is 6.82. The van der Waals surface area contributed by atoms with E-state index in [9.17, 15) is 4.79 Å². The van der Waals surface area contributed by atoms with Crippen LogP contribution in [0.4, 0.5) is 0 Å². The molecule has 1 saturated heterocycles. The van der Waals surface area contributed by atoms with Crippen molar-refractivity contribution in [2.45, 2.75) is 39.0 Å². The lowest BCUT2D eigenvalue weighted by Crippen LogP contribution is -2.34. The summed E-state index contributed by atoms with van der Waals surface area (Å²) in [5, 5.41) is 3.83. The van der Waals surface area contributed by atoms with Gasteiger partial charge in [-0.15, -0.1) is 0 Å². The Bertz CT molecular complexity index is 411. The SMILES string of the molecule is CCOC(=O)CCN1CCC(c2nc(C)no2)CC1. The maximum Gasteiger partial charge on any atom is 0.307 e. The van der Waals surface area contributed by atoms with Crippen molar-refractivity contribution in [3.05, 3.63) is 11.7 Å². The third kappa shape index (κ3) is 4.02. The second-order valence-corrected chi connectivity index (χ2v) is 4.85. The van der Waals surface area contributed by atoms with Gasteiger partial charge in [-0.1, -0.05) is 5.16 Å². The molecule has 1 aliphatic rings. The number of likely N-dealkylation sites (tertiary alicyclic amines) is 1. The molecule has 19 heavy (non-hydrogen) atoms. The number of hydrogen-bond acceptors (Lipinski definition) is 6. The molecule has 0 N–H and O–H groups in total. The molecule has 0 bridgehead atoms. The van der Waals surface area contributed by atoms with Crippen molar-refractivity contribution in [1.29, 1.82) is 0 Å². The molecule has 1 aromatic heterocycles. The van der Waals surface area contributed by atoms with Crippen molar-refractivity contribution in [3.8, 4) is 0 Å². The van der Waals surface area contributed by atoms with Crippen LogP contribution in [0.1, 0.15) is 43.8 Å².